The highest BCUT2D eigenvalue weighted by atomic mass is 16.5. The van der Waals surface area contributed by atoms with E-state index in [2.05, 4.69) is 10.3 Å². The standard InChI is InChI=1S/C9H12N2O2/c1-3-13-9(12)11-8-6-7(2)4-5-10-8/h4-6H,3H2,1-2H3,(H,10,11,12). The number of ether oxygens (including phenoxy) is 1. The van der Waals surface area contributed by atoms with Gasteiger partial charge in [-0.25, -0.2) is 9.78 Å². The Morgan fingerprint density at radius 1 is 1.69 bits per heavy atom. The van der Waals surface area contributed by atoms with Gasteiger partial charge in [0.1, 0.15) is 5.82 Å². The van der Waals surface area contributed by atoms with E-state index in [-0.39, 0.29) is 0 Å². The predicted molar refractivity (Wildman–Crippen MR) is 49.6 cm³/mol. The maximum atomic E-state index is 11.0. The summed E-state index contributed by atoms with van der Waals surface area (Å²) in [6.07, 6.45) is 1.16. The van der Waals surface area contributed by atoms with Crippen molar-refractivity contribution in [2.45, 2.75) is 13.8 Å². The summed E-state index contributed by atoms with van der Waals surface area (Å²) in [4.78, 5) is 14.9. The largest absolute Gasteiger partial charge is 0.450 e. The zero-order valence-electron chi connectivity index (χ0n) is 7.70. The second-order valence-corrected chi connectivity index (χ2v) is 2.56. The topological polar surface area (TPSA) is 51.2 Å². The van der Waals surface area contributed by atoms with Gasteiger partial charge in [0.05, 0.1) is 6.61 Å². The molecule has 0 bridgehead atoms. The van der Waals surface area contributed by atoms with Crippen LogP contribution in [0.2, 0.25) is 0 Å². The van der Waals surface area contributed by atoms with Crippen LogP contribution >= 0.6 is 0 Å². The van der Waals surface area contributed by atoms with Crippen molar-refractivity contribution < 1.29 is 9.53 Å². The van der Waals surface area contributed by atoms with E-state index in [0.29, 0.717) is 12.4 Å². The molecule has 0 aromatic carbocycles. The molecule has 0 radical (unpaired) electrons. The zero-order valence-corrected chi connectivity index (χ0v) is 7.70. The van der Waals surface area contributed by atoms with Crippen molar-refractivity contribution in [3.63, 3.8) is 0 Å². The first-order chi connectivity index (χ1) is 6.22. The molecule has 70 valence electrons. The Bertz CT molecular complexity index is 299. The van der Waals surface area contributed by atoms with Crippen molar-refractivity contribution >= 4 is 11.9 Å². The van der Waals surface area contributed by atoms with Crippen LogP contribution in [0, 0.1) is 6.92 Å². The summed E-state index contributed by atoms with van der Waals surface area (Å²) in [6, 6.07) is 3.63. The van der Waals surface area contributed by atoms with Crippen molar-refractivity contribution in [3.05, 3.63) is 23.9 Å². The molecular formula is C9H12N2O2. The minimum Gasteiger partial charge on any atom is -0.450 e. The van der Waals surface area contributed by atoms with Crippen LogP contribution in [0.5, 0.6) is 0 Å². The molecule has 0 atom stereocenters. The van der Waals surface area contributed by atoms with Gasteiger partial charge in [0.2, 0.25) is 0 Å². The average molecular weight is 180 g/mol. The van der Waals surface area contributed by atoms with Gasteiger partial charge < -0.3 is 4.74 Å². The molecule has 0 spiro atoms. The molecule has 4 nitrogen and oxygen atoms in total. The van der Waals surface area contributed by atoms with Gasteiger partial charge in [-0.2, -0.15) is 0 Å². The lowest BCUT2D eigenvalue weighted by atomic mass is 10.3. The molecule has 13 heavy (non-hydrogen) atoms. The van der Waals surface area contributed by atoms with Crippen molar-refractivity contribution in [1.82, 2.24) is 4.98 Å². The van der Waals surface area contributed by atoms with Crippen LogP contribution in [0.4, 0.5) is 10.6 Å². The summed E-state index contributed by atoms with van der Waals surface area (Å²) in [7, 11) is 0. The number of hydrogen-bond donors (Lipinski definition) is 1. The van der Waals surface area contributed by atoms with E-state index in [1.54, 1.807) is 19.2 Å². The zero-order chi connectivity index (χ0) is 9.68. The molecule has 0 aliphatic heterocycles. The third-order valence-electron chi connectivity index (χ3n) is 1.42. The van der Waals surface area contributed by atoms with Gasteiger partial charge in [-0.1, -0.05) is 0 Å². The molecule has 0 saturated carbocycles. The molecular weight excluding hydrogens is 168 g/mol. The van der Waals surface area contributed by atoms with Crippen LogP contribution in [0.3, 0.4) is 0 Å². The average Bonchev–Trinajstić information content (AvgIpc) is 2.04. The number of carbonyl (C=O) groups excluding carboxylic acids is 1. The number of anilines is 1. The van der Waals surface area contributed by atoms with Crippen LogP contribution in [0.1, 0.15) is 12.5 Å². The summed E-state index contributed by atoms with van der Waals surface area (Å²) < 4.78 is 4.70. The number of carbonyl (C=O) groups is 1. The van der Waals surface area contributed by atoms with Crippen LogP contribution in [0.15, 0.2) is 18.3 Å². The van der Waals surface area contributed by atoms with Gasteiger partial charge in [-0.05, 0) is 31.5 Å². The van der Waals surface area contributed by atoms with E-state index in [1.807, 2.05) is 13.0 Å². The van der Waals surface area contributed by atoms with Crippen LogP contribution in [-0.2, 0) is 4.74 Å². The molecule has 4 heteroatoms. The van der Waals surface area contributed by atoms with E-state index >= 15 is 0 Å². The lowest BCUT2D eigenvalue weighted by Crippen LogP contribution is -2.14. The Morgan fingerprint density at radius 2 is 2.46 bits per heavy atom. The minimum absolute atomic E-state index is 0.359. The number of aryl methyl sites for hydroxylation is 1. The highest BCUT2D eigenvalue weighted by Gasteiger charge is 2.01. The molecule has 1 N–H and O–H groups in total. The van der Waals surface area contributed by atoms with E-state index in [0.717, 1.165) is 5.56 Å². The monoisotopic (exact) mass is 180 g/mol. The van der Waals surface area contributed by atoms with E-state index < -0.39 is 6.09 Å². The van der Waals surface area contributed by atoms with Crippen LogP contribution in [0.25, 0.3) is 0 Å². The maximum Gasteiger partial charge on any atom is 0.412 e. The summed E-state index contributed by atoms with van der Waals surface area (Å²) in [5.41, 5.74) is 1.04. The Balaban J connectivity index is 2.58. The van der Waals surface area contributed by atoms with E-state index in [9.17, 15) is 4.79 Å². The first-order valence-electron chi connectivity index (χ1n) is 4.09. The van der Waals surface area contributed by atoms with Crippen molar-refractivity contribution in [2.75, 3.05) is 11.9 Å². The van der Waals surface area contributed by atoms with Crippen molar-refractivity contribution in [2.24, 2.45) is 0 Å². The SMILES string of the molecule is CCOC(=O)Nc1cc(C)ccn1. The number of nitrogens with one attached hydrogen (secondary N) is 1. The number of hydrogen-bond acceptors (Lipinski definition) is 3. The third kappa shape index (κ3) is 3.11. The molecule has 1 heterocycles. The van der Waals surface area contributed by atoms with Crippen LogP contribution < -0.4 is 5.32 Å². The molecule has 1 amide bonds. The fourth-order valence-electron chi connectivity index (χ4n) is 0.876. The Hall–Kier alpha value is -1.58. The molecule has 0 aliphatic carbocycles. The Labute approximate surface area is 76.9 Å². The molecule has 0 saturated heterocycles. The van der Waals surface area contributed by atoms with Gasteiger partial charge in [-0.15, -0.1) is 0 Å². The quantitative estimate of drug-likeness (QED) is 0.756. The van der Waals surface area contributed by atoms with Crippen LogP contribution in [-0.4, -0.2) is 17.7 Å². The first kappa shape index (κ1) is 9.51. The van der Waals surface area contributed by atoms with Gasteiger partial charge in [0.15, 0.2) is 0 Å². The maximum absolute atomic E-state index is 11.0. The van der Waals surface area contributed by atoms with Crippen molar-refractivity contribution in [3.8, 4) is 0 Å². The smallest absolute Gasteiger partial charge is 0.412 e. The molecule has 0 aliphatic rings. The Morgan fingerprint density at radius 3 is 3.08 bits per heavy atom. The summed E-state index contributed by atoms with van der Waals surface area (Å²) >= 11 is 0. The molecule has 0 fully saturated rings. The molecule has 1 aromatic heterocycles. The number of amides is 1. The number of nitrogens with zero attached hydrogens (tertiary/aromatic N) is 1. The highest BCUT2D eigenvalue weighted by Crippen LogP contribution is 2.05. The lowest BCUT2D eigenvalue weighted by molar-refractivity contribution is 0.168. The van der Waals surface area contributed by atoms with Gasteiger partial charge >= 0.3 is 6.09 Å². The van der Waals surface area contributed by atoms with Gasteiger partial charge in [0, 0.05) is 6.20 Å². The summed E-state index contributed by atoms with van der Waals surface area (Å²) in [5, 5.41) is 2.51. The fourth-order valence-corrected chi connectivity index (χ4v) is 0.876. The normalized spacial score (nSPS) is 9.38. The fraction of sp³-hybridized carbons (Fsp3) is 0.333. The van der Waals surface area contributed by atoms with Crippen molar-refractivity contribution in [1.29, 1.82) is 0 Å². The lowest BCUT2D eigenvalue weighted by Gasteiger charge is -2.03. The second kappa shape index (κ2) is 4.45. The Kier molecular flexibility index (Phi) is 3.25. The number of pyridine rings is 1. The highest BCUT2D eigenvalue weighted by molar-refractivity contribution is 5.83. The third-order valence-corrected chi connectivity index (χ3v) is 1.42. The van der Waals surface area contributed by atoms with Gasteiger partial charge in [-0.3, -0.25) is 5.32 Å². The first-order valence-corrected chi connectivity index (χ1v) is 4.09. The number of aromatic nitrogens is 1. The minimum atomic E-state index is -0.472. The second-order valence-electron chi connectivity index (χ2n) is 2.56. The molecule has 1 rings (SSSR count). The van der Waals surface area contributed by atoms with Gasteiger partial charge in [0.25, 0.3) is 0 Å². The van der Waals surface area contributed by atoms with E-state index in [1.165, 1.54) is 0 Å². The molecule has 0 unspecified atom stereocenters. The summed E-state index contributed by atoms with van der Waals surface area (Å²) in [6.45, 7) is 4.04. The predicted octanol–water partition coefficient (Wildman–Crippen LogP) is 1.96. The molecule has 1 aromatic rings. The summed E-state index contributed by atoms with van der Waals surface area (Å²) in [5.74, 6) is 0.512. The number of rotatable bonds is 2. The van der Waals surface area contributed by atoms with E-state index in [4.69, 9.17) is 4.74 Å².